The highest BCUT2D eigenvalue weighted by Crippen LogP contribution is 2.30. The van der Waals surface area contributed by atoms with Crippen molar-refractivity contribution < 1.29 is 0 Å². The van der Waals surface area contributed by atoms with Gasteiger partial charge in [-0.15, -0.1) is 0 Å². The zero-order chi connectivity index (χ0) is 7.52. The first-order valence-electron chi connectivity index (χ1n) is 5.04. The third kappa shape index (κ3) is 1.76. The molecule has 0 aromatic carbocycles. The summed E-state index contributed by atoms with van der Waals surface area (Å²) in [7, 11) is 0. The van der Waals surface area contributed by atoms with E-state index in [1.54, 1.807) is 0 Å². The Morgan fingerprint density at radius 3 is 2.91 bits per heavy atom. The van der Waals surface area contributed by atoms with Gasteiger partial charge in [-0.1, -0.05) is 19.3 Å². The first-order valence-corrected chi connectivity index (χ1v) is 5.04. The maximum atomic E-state index is 3.54. The molecule has 1 saturated carbocycles. The number of hydrogen-bond acceptors (Lipinski definition) is 1. The molecule has 0 aromatic rings. The van der Waals surface area contributed by atoms with Gasteiger partial charge >= 0.3 is 0 Å². The number of hydrogen-bond donors (Lipinski definition) is 1. The van der Waals surface area contributed by atoms with Crippen molar-refractivity contribution >= 4 is 0 Å². The van der Waals surface area contributed by atoms with Crippen molar-refractivity contribution in [3.05, 3.63) is 6.54 Å². The molecule has 1 heterocycles. The Hall–Kier alpha value is -0.0400. The minimum atomic E-state index is 0.839. The summed E-state index contributed by atoms with van der Waals surface area (Å²) in [5, 5.41) is 3.54. The second-order valence-electron chi connectivity index (χ2n) is 3.95. The molecule has 1 heteroatoms. The van der Waals surface area contributed by atoms with E-state index < -0.39 is 0 Å². The smallest absolute Gasteiger partial charge is 0.0224 e. The lowest BCUT2D eigenvalue weighted by atomic mass is 9.87. The van der Waals surface area contributed by atoms with E-state index in [1.807, 2.05) is 0 Å². The van der Waals surface area contributed by atoms with Crippen LogP contribution in [0.2, 0.25) is 0 Å². The maximum absolute atomic E-state index is 3.54. The summed E-state index contributed by atoms with van der Waals surface area (Å²) in [5.41, 5.74) is 0. The van der Waals surface area contributed by atoms with Crippen LogP contribution in [0.25, 0.3) is 0 Å². The van der Waals surface area contributed by atoms with E-state index in [0.717, 1.165) is 12.0 Å². The largest absolute Gasteiger partial charge is 0.309 e. The number of nitrogens with one attached hydrogen (secondary N) is 1. The number of piperidine rings is 1. The normalized spacial score (nSPS) is 39.3. The molecule has 2 fully saturated rings. The molecule has 0 spiro atoms. The molecular formula is C10H18N. The molecule has 63 valence electrons. The molecule has 0 aromatic heterocycles. The second-order valence-corrected chi connectivity index (χ2v) is 3.95. The molecule has 1 N–H and O–H groups in total. The Balaban J connectivity index is 1.93. The Kier molecular flexibility index (Phi) is 2.47. The summed E-state index contributed by atoms with van der Waals surface area (Å²) >= 11 is 0. The molecule has 2 unspecified atom stereocenters. The van der Waals surface area contributed by atoms with Gasteiger partial charge in [-0.3, -0.25) is 0 Å². The van der Waals surface area contributed by atoms with Crippen LogP contribution in [-0.4, -0.2) is 6.04 Å². The van der Waals surface area contributed by atoms with Crippen molar-refractivity contribution in [3.8, 4) is 0 Å². The average Bonchev–Trinajstić information content (AvgIpc) is 2.28. The van der Waals surface area contributed by atoms with E-state index in [1.165, 1.54) is 44.9 Å². The zero-order valence-corrected chi connectivity index (χ0v) is 7.18. The van der Waals surface area contributed by atoms with Crippen molar-refractivity contribution in [2.75, 3.05) is 0 Å². The van der Waals surface area contributed by atoms with Crippen LogP contribution in [0.1, 0.15) is 44.9 Å². The minimum Gasteiger partial charge on any atom is -0.309 e. The summed E-state index contributed by atoms with van der Waals surface area (Å²) in [6, 6.07) is 0.839. The zero-order valence-electron chi connectivity index (χ0n) is 7.18. The predicted octanol–water partition coefficient (Wildman–Crippen LogP) is 2.48. The van der Waals surface area contributed by atoms with Crippen LogP contribution in [0.3, 0.4) is 0 Å². The Labute approximate surface area is 69.6 Å². The van der Waals surface area contributed by atoms with Crippen molar-refractivity contribution in [3.63, 3.8) is 0 Å². The average molecular weight is 152 g/mol. The predicted molar refractivity (Wildman–Crippen MR) is 47.0 cm³/mol. The molecule has 1 radical (unpaired) electrons. The third-order valence-electron chi connectivity index (χ3n) is 3.17. The summed E-state index contributed by atoms with van der Waals surface area (Å²) in [6.45, 7) is 2.27. The lowest BCUT2D eigenvalue weighted by molar-refractivity contribution is 0.292. The van der Waals surface area contributed by atoms with Crippen LogP contribution in [0.4, 0.5) is 0 Å². The highest BCUT2D eigenvalue weighted by molar-refractivity contribution is 4.87. The van der Waals surface area contributed by atoms with Gasteiger partial charge in [-0.2, -0.15) is 0 Å². The van der Waals surface area contributed by atoms with E-state index in [-0.39, 0.29) is 0 Å². The van der Waals surface area contributed by atoms with Gasteiger partial charge in [0.15, 0.2) is 0 Å². The second kappa shape index (κ2) is 3.57. The molecule has 1 aliphatic carbocycles. The van der Waals surface area contributed by atoms with Crippen molar-refractivity contribution in [1.82, 2.24) is 5.32 Å². The Bertz CT molecular complexity index is 108. The minimum absolute atomic E-state index is 0.839. The van der Waals surface area contributed by atoms with Gasteiger partial charge in [0.1, 0.15) is 0 Å². The number of rotatable bonds is 0. The molecule has 2 atom stereocenters. The van der Waals surface area contributed by atoms with Crippen LogP contribution < -0.4 is 5.32 Å². The van der Waals surface area contributed by atoms with Gasteiger partial charge < -0.3 is 5.32 Å². The molecular weight excluding hydrogens is 134 g/mol. The van der Waals surface area contributed by atoms with Crippen molar-refractivity contribution in [2.45, 2.75) is 51.0 Å². The Morgan fingerprint density at radius 2 is 1.91 bits per heavy atom. The van der Waals surface area contributed by atoms with Gasteiger partial charge in [0.25, 0.3) is 0 Å². The van der Waals surface area contributed by atoms with Gasteiger partial charge in [-0.05, 0) is 31.6 Å². The molecule has 2 aliphatic rings. The monoisotopic (exact) mass is 152 g/mol. The van der Waals surface area contributed by atoms with Gasteiger partial charge in [0.2, 0.25) is 0 Å². The molecule has 1 nitrogen and oxygen atoms in total. The molecule has 1 saturated heterocycles. The van der Waals surface area contributed by atoms with Crippen LogP contribution in [0.15, 0.2) is 0 Å². The van der Waals surface area contributed by atoms with E-state index in [4.69, 9.17) is 0 Å². The van der Waals surface area contributed by atoms with E-state index in [9.17, 15) is 0 Å². The summed E-state index contributed by atoms with van der Waals surface area (Å²) in [4.78, 5) is 0. The van der Waals surface area contributed by atoms with E-state index in [2.05, 4.69) is 11.9 Å². The maximum Gasteiger partial charge on any atom is 0.0224 e. The molecule has 11 heavy (non-hydrogen) atoms. The van der Waals surface area contributed by atoms with Gasteiger partial charge in [-0.25, -0.2) is 0 Å². The van der Waals surface area contributed by atoms with Crippen LogP contribution >= 0.6 is 0 Å². The standard InChI is InChI=1S/C10H18N/c1-2-5-9-6-4-8-11-10(9)7-3-1/h8-11H,1-7H2. The Morgan fingerprint density at radius 1 is 1.00 bits per heavy atom. The SMILES string of the molecule is [CH]1CCC2CCCCCC2N1. The lowest BCUT2D eigenvalue weighted by Gasteiger charge is -2.30. The third-order valence-corrected chi connectivity index (χ3v) is 3.17. The lowest BCUT2D eigenvalue weighted by Crippen LogP contribution is -2.37. The van der Waals surface area contributed by atoms with Crippen LogP contribution in [-0.2, 0) is 0 Å². The highest BCUT2D eigenvalue weighted by atomic mass is 14.9. The van der Waals surface area contributed by atoms with Crippen molar-refractivity contribution in [1.29, 1.82) is 0 Å². The first-order chi connectivity index (χ1) is 5.47. The fourth-order valence-electron chi connectivity index (χ4n) is 2.48. The summed E-state index contributed by atoms with van der Waals surface area (Å²) < 4.78 is 0. The van der Waals surface area contributed by atoms with Crippen LogP contribution in [0, 0.1) is 12.5 Å². The van der Waals surface area contributed by atoms with Gasteiger partial charge in [0.05, 0.1) is 0 Å². The summed E-state index contributed by atoms with van der Waals surface area (Å²) in [6.07, 6.45) is 10.0. The fourth-order valence-corrected chi connectivity index (χ4v) is 2.48. The van der Waals surface area contributed by atoms with Crippen molar-refractivity contribution in [2.24, 2.45) is 5.92 Å². The topological polar surface area (TPSA) is 12.0 Å². The molecule has 0 amide bonds. The van der Waals surface area contributed by atoms with E-state index >= 15 is 0 Å². The number of fused-ring (bicyclic) bond motifs is 1. The van der Waals surface area contributed by atoms with E-state index in [0.29, 0.717) is 0 Å². The first kappa shape index (κ1) is 7.60. The quantitative estimate of drug-likeness (QED) is 0.562. The van der Waals surface area contributed by atoms with Gasteiger partial charge in [0, 0.05) is 12.6 Å². The highest BCUT2D eigenvalue weighted by Gasteiger charge is 2.25. The van der Waals surface area contributed by atoms with Crippen LogP contribution in [0.5, 0.6) is 0 Å². The summed E-state index contributed by atoms with van der Waals surface area (Å²) in [5.74, 6) is 1.00. The molecule has 1 aliphatic heterocycles. The fraction of sp³-hybridized carbons (Fsp3) is 0.900. The molecule has 0 bridgehead atoms. The molecule has 2 rings (SSSR count).